The number of nitrogens with zero attached hydrogens (tertiary/aromatic N) is 6. The summed E-state index contributed by atoms with van der Waals surface area (Å²) in [5, 5.41) is 9.26. The molecule has 0 radical (unpaired) electrons. The lowest BCUT2D eigenvalue weighted by Crippen LogP contribution is -2.35. The van der Waals surface area contributed by atoms with Gasteiger partial charge in [0.25, 0.3) is 8.53 Å². The number of phosphoric acid groups is 1. The van der Waals surface area contributed by atoms with Gasteiger partial charge in [0.15, 0.2) is 5.82 Å². The molecular formula is C56H82N6O12P2. The Labute approximate surface area is 452 Å². The van der Waals surface area contributed by atoms with Crippen LogP contribution in [0.4, 0.5) is 5.82 Å². The number of nitriles is 1. The third-order valence-electron chi connectivity index (χ3n) is 11.2. The summed E-state index contributed by atoms with van der Waals surface area (Å²) in [6.07, 6.45) is 2.95. The average molecular weight is 1090 g/mol. The number of benzene rings is 2. The summed E-state index contributed by atoms with van der Waals surface area (Å²) < 4.78 is 66.1. The van der Waals surface area contributed by atoms with E-state index in [1.807, 2.05) is 6.92 Å². The maximum atomic E-state index is 14.4. The number of hydrogen-bond donors (Lipinski definition) is 0. The summed E-state index contributed by atoms with van der Waals surface area (Å²) in [4.78, 5) is 50.2. The van der Waals surface area contributed by atoms with Crippen LogP contribution in [0.2, 0.25) is 0 Å². The van der Waals surface area contributed by atoms with E-state index >= 15 is 0 Å². The Hall–Kier alpha value is -4.84. The summed E-state index contributed by atoms with van der Waals surface area (Å²) >= 11 is 0. The van der Waals surface area contributed by atoms with Crippen molar-refractivity contribution < 1.29 is 51.0 Å². The van der Waals surface area contributed by atoms with Gasteiger partial charge in [0, 0.05) is 44.2 Å². The third kappa shape index (κ3) is 20.8. The standard InChI is InChI=1S/C56H82N6O12P2/c1-16-48-49(74-75(67-30-19-29-57)62(41(6)7)42(8)9)32-50(73-48)61-35-45(51(59-54(61)65)58-38-60(33-39(2)3)34-40(4)5)20-17-18-31-68-76(66,69-36-43-21-25-46(26-22-43)71-52(63)55(10,11)12)70-37-44-23-27-47(28-24-44)72-53(64)56(13,14)15/h21-28,35,38-42,48-50H,16,18-19,30-34,36-37H2,1-15H3/b58-38+. The zero-order valence-electron chi connectivity index (χ0n) is 47.4. The van der Waals surface area contributed by atoms with Crippen LogP contribution in [-0.2, 0) is 54.7 Å². The maximum absolute atomic E-state index is 14.4. The molecule has 20 heteroatoms. The molecule has 0 bridgehead atoms. The minimum absolute atomic E-state index is 0.0544. The van der Waals surface area contributed by atoms with Crippen LogP contribution >= 0.6 is 16.3 Å². The molecule has 2 aromatic carbocycles. The van der Waals surface area contributed by atoms with Crippen LogP contribution in [0.1, 0.15) is 152 Å². The van der Waals surface area contributed by atoms with E-state index in [0.717, 1.165) is 13.1 Å². The predicted octanol–water partition coefficient (Wildman–Crippen LogP) is 12.1. The zero-order chi connectivity index (χ0) is 56.4. The first-order valence-corrected chi connectivity index (χ1v) is 28.8. The van der Waals surface area contributed by atoms with Crippen LogP contribution < -0.4 is 15.2 Å². The van der Waals surface area contributed by atoms with Crippen LogP contribution in [0.25, 0.3) is 0 Å². The highest BCUT2D eigenvalue weighted by Crippen LogP contribution is 2.52. The number of hydrogen-bond acceptors (Lipinski definition) is 16. The van der Waals surface area contributed by atoms with E-state index in [9.17, 15) is 24.2 Å². The normalized spacial score (nSPS) is 16.6. The number of rotatable bonds is 27. The molecule has 0 amide bonds. The Morgan fingerprint density at radius 1 is 0.842 bits per heavy atom. The summed E-state index contributed by atoms with van der Waals surface area (Å²) in [6, 6.07) is 15.5. The van der Waals surface area contributed by atoms with Crippen molar-refractivity contribution in [2.75, 3.05) is 26.3 Å². The van der Waals surface area contributed by atoms with E-state index in [0.29, 0.717) is 52.9 Å². The van der Waals surface area contributed by atoms with E-state index < -0.39 is 45.2 Å². The van der Waals surface area contributed by atoms with Gasteiger partial charge in [-0.15, -0.1) is 0 Å². The van der Waals surface area contributed by atoms with Gasteiger partial charge in [-0.3, -0.25) is 27.7 Å². The highest BCUT2D eigenvalue weighted by molar-refractivity contribution is 7.48. The van der Waals surface area contributed by atoms with Crippen molar-refractivity contribution >= 4 is 40.4 Å². The van der Waals surface area contributed by atoms with Crippen LogP contribution in [0.15, 0.2) is 64.5 Å². The number of esters is 2. The van der Waals surface area contributed by atoms with E-state index in [-0.39, 0.29) is 75.2 Å². The Morgan fingerprint density at radius 2 is 1.37 bits per heavy atom. The van der Waals surface area contributed by atoms with Gasteiger partial charge >= 0.3 is 25.5 Å². The van der Waals surface area contributed by atoms with Crippen LogP contribution in [-0.4, -0.2) is 88.0 Å². The van der Waals surface area contributed by atoms with E-state index in [4.69, 9.17) is 41.8 Å². The van der Waals surface area contributed by atoms with Crippen molar-refractivity contribution in [2.45, 2.75) is 173 Å². The minimum atomic E-state index is -4.29. The first-order chi connectivity index (χ1) is 35.7. The Kier molecular flexibility index (Phi) is 25.0. The quantitative estimate of drug-likeness (QED) is 0.0132. The summed E-state index contributed by atoms with van der Waals surface area (Å²) in [5.74, 6) is 6.96. The van der Waals surface area contributed by atoms with Crippen molar-refractivity contribution in [3.63, 3.8) is 0 Å². The van der Waals surface area contributed by atoms with Gasteiger partial charge < -0.3 is 28.2 Å². The molecule has 1 aliphatic heterocycles. The summed E-state index contributed by atoms with van der Waals surface area (Å²) in [6.45, 7) is 30.5. The van der Waals surface area contributed by atoms with Crippen LogP contribution in [0.5, 0.6) is 11.5 Å². The molecule has 4 rings (SSSR count). The van der Waals surface area contributed by atoms with Crippen molar-refractivity contribution in [1.82, 2.24) is 19.1 Å². The molecule has 1 fully saturated rings. The van der Waals surface area contributed by atoms with Crippen molar-refractivity contribution in [2.24, 2.45) is 27.7 Å². The fourth-order valence-corrected chi connectivity index (χ4v) is 10.4. The molecule has 0 spiro atoms. The van der Waals surface area contributed by atoms with Crippen LogP contribution in [0, 0.1) is 45.8 Å². The Bertz CT molecular complexity index is 2480. The molecule has 4 unspecified atom stereocenters. The minimum Gasteiger partial charge on any atom is -0.426 e. The van der Waals surface area contributed by atoms with Crippen molar-refractivity contribution in [1.29, 1.82) is 5.26 Å². The number of carbonyl (C=O) groups is 2. The SMILES string of the molecule is CCC1OC(n2cc(C#CCCOP(=O)(OCc3ccc(OC(=O)C(C)(C)C)cc3)OCc3ccc(OC(=O)C(C)(C)C)cc3)c(/N=C/N(CC(C)C)CC(C)C)nc2=O)CC1OP(OCCC#N)N(C(C)C)C(C)C. The van der Waals surface area contributed by atoms with Gasteiger partial charge in [0.2, 0.25) is 0 Å². The van der Waals surface area contributed by atoms with Gasteiger partial charge in [-0.05, 0) is 123 Å². The lowest BCUT2D eigenvalue weighted by atomic mass is 9.97. The van der Waals surface area contributed by atoms with E-state index in [1.54, 1.807) is 103 Å². The largest absolute Gasteiger partial charge is 0.475 e. The molecule has 18 nitrogen and oxygen atoms in total. The van der Waals surface area contributed by atoms with Crippen molar-refractivity contribution in [3.05, 3.63) is 81.9 Å². The van der Waals surface area contributed by atoms with E-state index in [1.165, 1.54) is 4.57 Å². The average Bonchev–Trinajstić information content (AvgIpc) is 3.74. The smallest absolute Gasteiger partial charge is 0.426 e. The molecule has 1 aromatic heterocycles. The summed E-state index contributed by atoms with van der Waals surface area (Å²) in [7, 11) is -5.87. The molecular weight excluding hydrogens is 1010 g/mol. The molecule has 0 N–H and O–H groups in total. The number of ether oxygens (including phenoxy) is 3. The fraction of sp³-hybridized carbons (Fsp3) is 0.607. The lowest BCUT2D eigenvalue weighted by Gasteiger charge is -2.37. The molecule has 2 heterocycles. The number of aliphatic imine (C=N–C) groups is 1. The van der Waals surface area contributed by atoms with E-state index in [2.05, 4.69) is 87.9 Å². The second-order valence-corrected chi connectivity index (χ2v) is 25.1. The molecule has 418 valence electrons. The Balaban J connectivity index is 1.63. The van der Waals surface area contributed by atoms with Crippen LogP contribution in [0.3, 0.4) is 0 Å². The predicted molar refractivity (Wildman–Crippen MR) is 294 cm³/mol. The van der Waals surface area contributed by atoms with Gasteiger partial charge in [-0.1, -0.05) is 70.7 Å². The Morgan fingerprint density at radius 3 is 1.83 bits per heavy atom. The third-order valence-corrected chi connectivity index (χ3v) is 14.8. The first kappa shape index (κ1) is 63.7. The highest BCUT2D eigenvalue weighted by atomic mass is 31.2. The zero-order valence-corrected chi connectivity index (χ0v) is 49.2. The monoisotopic (exact) mass is 1090 g/mol. The number of carbonyl (C=O) groups excluding carboxylic acids is 2. The first-order valence-electron chi connectivity index (χ1n) is 26.2. The van der Waals surface area contributed by atoms with Gasteiger partial charge in [0.1, 0.15) is 17.7 Å². The number of aromatic nitrogens is 2. The fourth-order valence-electron chi connectivity index (χ4n) is 7.46. The molecule has 76 heavy (non-hydrogen) atoms. The maximum Gasteiger partial charge on any atom is 0.475 e. The topological polar surface area (TPSA) is 203 Å². The molecule has 1 saturated heterocycles. The highest BCUT2D eigenvalue weighted by Gasteiger charge is 2.41. The molecule has 1 aliphatic rings. The molecule has 4 atom stereocenters. The van der Waals surface area contributed by atoms with Gasteiger partial charge in [0.05, 0.1) is 73.9 Å². The summed E-state index contributed by atoms with van der Waals surface area (Å²) in [5.41, 5.74) is -0.402. The molecule has 0 aliphatic carbocycles. The lowest BCUT2D eigenvalue weighted by molar-refractivity contribution is -0.143. The second kappa shape index (κ2) is 29.8. The van der Waals surface area contributed by atoms with Gasteiger partial charge in [-0.25, -0.2) is 19.0 Å². The molecule has 0 saturated carbocycles. The van der Waals surface area contributed by atoms with Crippen molar-refractivity contribution in [3.8, 4) is 29.4 Å². The second-order valence-electron chi connectivity index (χ2n) is 22.1. The van der Waals surface area contributed by atoms with Gasteiger partial charge in [-0.2, -0.15) is 10.2 Å². The molecule has 3 aromatic rings. The number of phosphoric ester groups is 1.